The third kappa shape index (κ3) is 4.84. The van der Waals surface area contributed by atoms with E-state index in [2.05, 4.69) is 51.8 Å². The summed E-state index contributed by atoms with van der Waals surface area (Å²) in [6.07, 6.45) is 3.80. The van der Waals surface area contributed by atoms with Crippen LogP contribution in [0, 0.1) is 24.7 Å². The molecule has 2 saturated carbocycles. The molecule has 1 aliphatic heterocycles. The van der Waals surface area contributed by atoms with Crippen LogP contribution in [0.15, 0.2) is 95.9 Å². The minimum atomic E-state index is -3.83. The molecule has 42 heavy (non-hydrogen) atoms. The summed E-state index contributed by atoms with van der Waals surface area (Å²) < 4.78 is 28.5. The molecule has 0 aromatic heterocycles. The number of carbonyl (C=O) groups is 1. The van der Waals surface area contributed by atoms with Crippen molar-refractivity contribution in [3.8, 4) is 0 Å². The molecule has 4 aromatic carbocycles. The summed E-state index contributed by atoms with van der Waals surface area (Å²) in [4.78, 5) is 13.4. The number of halogens is 1. The molecular formula is C34H32ClN3O3S. The Labute approximate surface area is 251 Å². The van der Waals surface area contributed by atoms with Crippen LogP contribution in [0.1, 0.15) is 58.3 Å². The molecule has 1 amide bonds. The maximum absolute atomic E-state index is 13.4. The molecule has 2 aliphatic carbocycles. The van der Waals surface area contributed by atoms with Gasteiger partial charge in [0.1, 0.15) is 0 Å². The van der Waals surface area contributed by atoms with Gasteiger partial charge in [0.05, 0.1) is 16.6 Å². The van der Waals surface area contributed by atoms with Crippen molar-refractivity contribution in [1.82, 2.24) is 0 Å². The zero-order chi connectivity index (χ0) is 29.0. The molecule has 2 bridgehead atoms. The number of aryl methyl sites for hydroxylation is 1. The van der Waals surface area contributed by atoms with Crippen molar-refractivity contribution in [2.45, 2.75) is 43.0 Å². The third-order valence-electron chi connectivity index (χ3n) is 9.37. The fourth-order valence-corrected chi connectivity index (χ4v) is 8.74. The number of hydrogen-bond donors (Lipinski definition) is 3. The first-order valence-electron chi connectivity index (χ1n) is 14.4. The highest BCUT2D eigenvalue weighted by molar-refractivity contribution is 7.92. The molecule has 5 atom stereocenters. The van der Waals surface area contributed by atoms with E-state index in [1.807, 2.05) is 19.1 Å². The second-order valence-electron chi connectivity index (χ2n) is 11.8. The van der Waals surface area contributed by atoms with Crippen LogP contribution < -0.4 is 15.4 Å². The Morgan fingerprint density at radius 1 is 0.905 bits per heavy atom. The summed E-state index contributed by atoms with van der Waals surface area (Å²) >= 11 is 6.05. The normalized spacial score (nSPS) is 23.9. The fraction of sp³-hybridized carbons (Fsp3) is 0.265. The number of nitrogens with one attached hydrogen (secondary N) is 3. The first-order chi connectivity index (χ1) is 20.3. The first kappa shape index (κ1) is 27.0. The van der Waals surface area contributed by atoms with Crippen LogP contribution in [0.25, 0.3) is 0 Å². The van der Waals surface area contributed by atoms with E-state index < -0.39 is 10.0 Å². The van der Waals surface area contributed by atoms with Gasteiger partial charge in [-0.3, -0.25) is 9.52 Å². The van der Waals surface area contributed by atoms with E-state index in [1.165, 1.54) is 42.5 Å². The molecular weight excluding hydrogens is 566 g/mol. The Hall–Kier alpha value is -3.81. The second kappa shape index (κ2) is 10.5. The topological polar surface area (TPSA) is 87.3 Å². The number of anilines is 3. The minimum absolute atomic E-state index is 0.0926. The second-order valence-corrected chi connectivity index (χ2v) is 13.9. The minimum Gasteiger partial charge on any atom is -0.378 e. The van der Waals surface area contributed by atoms with Gasteiger partial charge in [0.2, 0.25) is 0 Å². The van der Waals surface area contributed by atoms with Crippen molar-refractivity contribution in [2.75, 3.05) is 15.4 Å². The van der Waals surface area contributed by atoms with Gasteiger partial charge >= 0.3 is 0 Å². The quantitative estimate of drug-likeness (QED) is 0.210. The molecule has 3 aliphatic rings. The van der Waals surface area contributed by atoms with Gasteiger partial charge in [-0.25, -0.2) is 8.42 Å². The summed E-state index contributed by atoms with van der Waals surface area (Å²) in [5.41, 5.74) is 6.01. The van der Waals surface area contributed by atoms with Gasteiger partial charge in [0.25, 0.3) is 15.9 Å². The molecule has 0 spiro atoms. The summed E-state index contributed by atoms with van der Waals surface area (Å²) in [5.74, 6) is 2.11. The molecule has 0 radical (unpaired) electrons. The van der Waals surface area contributed by atoms with Crippen LogP contribution in [0.3, 0.4) is 0 Å². The highest BCUT2D eigenvalue weighted by atomic mass is 35.5. The summed E-state index contributed by atoms with van der Waals surface area (Å²) in [6, 6.07) is 28.2. The molecule has 1 heterocycles. The SMILES string of the molecule is Cc1ccc(Cl)cc1NS(=O)(=O)c1ccc(NC(=O)c2ccc3c(c2)[C@@H]2[C@H]4CC[C@@H](C4)[C@@H]2[C@H](c2ccccc2)N3)cc1. The molecule has 0 unspecified atom stereocenters. The average molecular weight is 598 g/mol. The molecule has 0 saturated heterocycles. The number of rotatable bonds is 6. The monoisotopic (exact) mass is 597 g/mol. The number of fused-ring (bicyclic) bond motifs is 7. The third-order valence-corrected chi connectivity index (χ3v) is 11.0. The van der Waals surface area contributed by atoms with E-state index in [1.54, 1.807) is 30.3 Å². The van der Waals surface area contributed by atoms with Gasteiger partial charge in [0.15, 0.2) is 0 Å². The Morgan fingerprint density at radius 3 is 2.45 bits per heavy atom. The van der Waals surface area contributed by atoms with Crippen LogP contribution in [0.2, 0.25) is 5.02 Å². The molecule has 7 rings (SSSR count). The number of sulfonamides is 1. The number of benzene rings is 4. The molecule has 214 valence electrons. The number of carbonyl (C=O) groups excluding carboxylic acids is 1. The summed E-state index contributed by atoms with van der Waals surface area (Å²) in [5, 5.41) is 7.22. The van der Waals surface area contributed by atoms with E-state index in [-0.39, 0.29) is 16.8 Å². The van der Waals surface area contributed by atoms with Gasteiger partial charge in [-0.2, -0.15) is 0 Å². The van der Waals surface area contributed by atoms with Gasteiger partial charge < -0.3 is 10.6 Å². The lowest BCUT2D eigenvalue weighted by Gasteiger charge is -2.43. The molecule has 6 nitrogen and oxygen atoms in total. The van der Waals surface area contributed by atoms with Crippen LogP contribution in [-0.4, -0.2) is 14.3 Å². The molecule has 8 heteroatoms. The Kier molecular flexibility index (Phi) is 6.75. The maximum Gasteiger partial charge on any atom is 0.261 e. The zero-order valence-electron chi connectivity index (χ0n) is 23.2. The van der Waals surface area contributed by atoms with Crippen LogP contribution in [0.4, 0.5) is 17.1 Å². The van der Waals surface area contributed by atoms with Gasteiger partial charge in [-0.1, -0.05) is 48.0 Å². The van der Waals surface area contributed by atoms with Crippen molar-refractivity contribution in [3.63, 3.8) is 0 Å². The highest BCUT2D eigenvalue weighted by Crippen LogP contribution is 2.63. The standard InChI is InChI=1S/C34H32ClN3O3S/c1-20-7-11-25(35)19-30(20)38-42(40,41)27-14-12-26(13-15-27)36-34(39)24-10-16-29-28(18-24)31-22-8-9-23(17-22)32(31)33(37-29)21-5-3-2-4-6-21/h2-7,10-16,18-19,22-23,31-33,37-38H,8-9,17H2,1H3,(H,36,39)/t22-,23-,31-,32-,33-/m0/s1. The van der Waals surface area contributed by atoms with Gasteiger partial charge in [-0.15, -0.1) is 0 Å². The molecule has 3 N–H and O–H groups in total. The Balaban J connectivity index is 1.10. The average Bonchev–Trinajstić information content (AvgIpc) is 3.62. The largest absolute Gasteiger partial charge is 0.378 e. The van der Waals surface area contributed by atoms with Crippen LogP contribution in [-0.2, 0) is 10.0 Å². The fourth-order valence-electron chi connectivity index (χ4n) is 7.45. The lowest BCUT2D eigenvalue weighted by molar-refractivity contribution is 0.102. The summed E-state index contributed by atoms with van der Waals surface area (Å²) in [6.45, 7) is 1.81. The Morgan fingerprint density at radius 2 is 1.67 bits per heavy atom. The van der Waals surface area contributed by atoms with E-state index in [0.717, 1.165) is 11.3 Å². The lowest BCUT2D eigenvalue weighted by atomic mass is 9.68. The molecule has 2 fully saturated rings. The van der Waals surface area contributed by atoms with Crippen molar-refractivity contribution in [1.29, 1.82) is 0 Å². The van der Waals surface area contributed by atoms with Crippen molar-refractivity contribution in [3.05, 3.63) is 118 Å². The molecule has 4 aromatic rings. The highest BCUT2D eigenvalue weighted by Gasteiger charge is 2.53. The predicted octanol–water partition coefficient (Wildman–Crippen LogP) is 8.00. The lowest BCUT2D eigenvalue weighted by Crippen LogP contribution is -2.35. The number of amides is 1. The zero-order valence-corrected chi connectivity index (χ0v) is 24.8. The van der Waals surface area contributed by atoms with Gasteiger partial charge in [0, 0.05) is 22.0 Å². The van der Waals surface area contributed by atoms with Crippen molar-refractivity contribution in [2.24, 2.45) is 17.8 Å². The van der Waals surface area contributed by atoms with E-state index in [4.69, 9.17) is 11.6 Å². The predicted molar refractivity (Wildman–Crippen MR) is 168 cm³/mol. The van der Waals surface area contributed by atoms with E-state index in [9.17, 15) is 13.2 Å². The van der Waals surface area contributed by atoms with Crippen LogP contribution >= 0.6 is 11.6 Å². The van der Waals surface area contributed by atoms with E-state index >= 15 is 0 Å². The van der Waals surface area contributed by atoms with E-state index in [0.29, 0.717) is 45.6 Å². The Bertz CT molecular complexity index is 1780. The summed E-state index contributed by atoms with van der Waals surface area (Å²) in [7, 11) is -3.83. The maximum atomic E-state index is 13.4. The van der Waals surface area contributed by atoms with Gasteiger partial charge in [-0.05, 0) is 121 Å². The van der Waals surface area contributed by atoms with Crippen LogP contribution in [0.5, 0.6) is 0 Å². The first-order valence-corrected chi connectivity index (χ1v) is 16.3. The number of hydrogen-bond acceptors (Lipinski definition) is 4. The van der Waals surface area contributed by atoms with Crippen molar-refractivity contribution < 1.29 is 13.2 Å². The van der Waals surface area contributed by atoms with Crippen molar-refractivity contribution >= 4 is 44.6 Å². The smallest absolute Gasteiger partial charge is 0.261 e.